The third kappa shape index (κ3) is 3.44. The number of aryl methyl sites for hydroxylation is 2. The first-order chi connectivity index (χ1) is 8.27. The van der Waals surface area contributed by atoms with Crippen molar-refractivity contribution in [2.24, 2.45) is 5.92 Å². The first kappa shape index (κ1) is 12.4. The van der Waals surface area contributed by atoms with E-state index in [1.807, 2.05) is 0 Å². The zero-order valence-electron chi connectivity index (χ0n) is 11.0. The van der Waals surface area contributed by atoms with Gasteiger partial charge in [0.25, 0.3) is 0 Å². The minimum atomic E-state index is 0.754. The summed E-state index contributed by atoms with van der Waals surface area (Å²) in [4.78, 5) is 0. The van der Waals surface area contributed by atoms with E-state index in [4.69, 9.17) is 0 Å². The molecule has 1 heterocycles. The molecule has 1 nitrogen and oxygen atoms in total. The molecule has 17 heavy (non-hydrogen) atoms. The van der Waals surface area contributed by atoms with Gasteiger partial charge in [0.15, 0.2) is 0 Å². The fourth-order valence-electron chi connectivity index (χ4n) is 2.56. The molecule has 1 N–H and O–H groups in total. The third-order valence-electron chi connectivity index (χ3n) is 3.70. The van der Waals surface area contributed by atoms with Gasteiger partial charge in [-0.15, -0.1) is 0 Å². The van der Waals surface area contributed by atoms with Crippen LogP contribution in [0, 0.1) is 19.8 Å². The van der Waals surface area contributed by atoms with Crippen LogP contribution in [0.1, 0.15) is 36.0 Å². The molecule has 1 fully saturated rings. The molecule has 1 aromatic rings. The SMILES string of the molecule is Cc1cccc(C)c1/C=C/C1CCCNCC1. The first-order valence-corrected chi connectivity index (χ1v) is 6.72. The zero-order valence-corrected chi connectivity index (χ0v) is 11.0. The fraction of sp³-hybridized carbons (Fsp3) is 0.500. The van der Waals surface area contributed by atoms with Crippen LogP contribution in [0.3, 0.4) is 0 Å². The van der Waals surface area contributed by atoms with Gasteiger partial charge in [-0.3, -0.25) is 0 Å². The van der Waals surface area contributed by atoms with Crippen molar-refractivity contribution in [3.8, 4) is 0 Å². The van der Waals surface area contributed by atoms with Gasteiger partial charge < -0.3 is 5.32 Å². The predicted molar refractivity (Wildman–Crippen MR) is 75.2 cm³/mol. The number of rotatable bonds is 2. The lowest BCUT2D eigenvalue weighted by atomic mass is 9.96. The van der Waals surface area contributed by atoms with Crippen LogP contribution in [0.25, 0.3) is 6.08 Å². The minimum Gasteiger partial charge on any atom is -0.317 e. The topological polar surface area (TPSA) is 12.0 Å². The highest BCUT2D eigenvalue weighted by molar-refractivity contribution is 5.57. The molecule has 1 saturated heterocycles. The molecule has 1 aromatic carbocycles. The van der Waals surface area contributed by atoms with Crippen molar-refractivity contribution in [3.05, 3.63) is 41.0 Å². The summed E-state index contributed by atoms with van der Waals surface area (Å²) < 4.78 is 0. The summed E-state index contributed by atoms with van der Waals surface area (Å²) in [5.41, 5.74) is 4.17. The Bertz CT molecular complexity index is 364. The Labute approximate surface area is 105 Å². The van der Waals surface area contributed by atoms with E-state index in [1.54, 1.807) is 0 Å². The lowest BCUT2D eigenvalue weighted by Crippen LogP contribution is -2.13. The average Bonchev–Trinajstić information content (AvgIpc) is 2.57. The number of hydrogen-bond donors (Lipinski definition) is 1. The van der Waals surface area contributed by atoms with Gasteiger partial charge in [0.2, 0.25) is 0 Å². The van der Waals surface area contributed by atoms with Crippen molar-refractivity contribution in [3.63, 3.8) is 0 Å². The van der Waals surface area contributed by atoms with Gasteiger partial charge >= 0.3 is 0 Å². The second-order valence-corrected chi connectivity index (χ2v) is 5.11. The summed E-state index contributed by atoms with van der Waals surface area (Å²) in [6.07, 6.45) is 8.67. The van der Waals surface area contributed by atoms with E-state index in [0.717, 1.165) is 5.92 Å². The van der Waals surface area contributed by atoms with E-state index >= 15 is 0 Å². The normalized spacial score (nSPS) is 21.6. The van der Waals surface area contributed by atoms with Crippen LogP contribution in [-0.2, 0) is 0 Å². The van der Waals surface area contributed by atoms with Crippen molar-refractivity contribution in [1.29, 1.82) is 0 Å². The number of allylic oxidation sites excluding steroid dienone is 1. The molecule has 92 valence electrons. The van der Waals surface area contributed by atoms with Crippen LogP contribution in [0.4, 0.5) is 0 Å². The average molecular weight is 229 g/mol. The third-order valence-corrected chi connectivity index (χ3v) is 3.70. The van der Waals surface area contributed by atoms with Gasteiger partial charge in [0.1, 0.15) is 0 Å². The lowest BCUT2D eigenvalue weighted by Gasteiger charge is -2.09. The van der Waals surface area contributed by atoms with E-state index in [2.05, 4.69) is 49.5 Å². The monoisotopic (exact) mass is 229 g/mol. The smallest absolute Gasteiger partial charge is 0.00433 e. The van der Waals surface area contributed by atoms with Gasteiger partial charge in [-0.25, -0.2) is 0 Å². The van der Waals surface area contributed by atoms with Crippen LogP contribution in [0.2, 0.25) is 0 Å². The number of nitrogens with one attached hydrogen (secondary N) is 1. The van der Waals surface area contributed by atoms with E-state index in [1.165, 1.54) is 49.0 Å². The first-order valence-electron chi connectivity index (χ1n) is 6.72. The van der Waals surface area contributed by atoms with E-state index < -0.39 is 0 Å². The lowest BCUT2D eigenvalue weighted by molar-refractivity contribution is 0.578. The summed E-state index contributed by atoms with van der Waals surface area (Å²) in [6, 6.07) is 6.53. The Balaban J connectivity index is 2.08. The van der Waals surface area contributed by atoms with Gasteiger partial charge in [-0.05, 0) is 68.8 Å². The van der Waals surface area contributed by atoms with Crippen LogP contribution in [-0.4, -0.2) is 13.1 Å². The maximum atomic E-state index is 3.46. The van der Waals surface area contributed by atoms with Gasteiger partial charge in [-0.2, -0.15) is 0 Å². The molecule has 1 aliphatic rings. The quantitative estimate of drug-likeness (QED) is 0.815. The van der Waals surface area contributed by atoms with Crippen LogP contribution < -0.4 is 5.32 Å². The van der Waals surface area contributed by atoms with Crippen molar-refractivity contribution in [2.75, 3.05) is 13.1 Å². The Hall–Kier alpha value is -1.08. The van der Waals surface area contributed by atoms with Gasteiger partial charge in [0, 0.05) is 0 Å². The van der Waals surface area contributed by atoms with Crippen LogP contribution >= 0.6 is 0 Å². The van der Waals surface area contributed by atoms with E-state index in [-0.39, 0.29) is 0 Å². The van der Waals surface area contributed by atoms with Gasteiger partial charge in [-0.1, -0.05) is 30.4 Å². The molecule has 0 aromatic heterocycles. The maximum Gasteiger partial charge on any atom is -0.00433 e. The minimum absolute atomic E-state index is 0.754. The molecule has 0 amide bonds. The van der Waals surface area contributed by atoms with Crippen LogP contribution in [0.15, 0.2) is 24.3 Å². The Morgan fingerprint density at radius 3 is 2.65 bits per heavy atom. The second-order valence-electron chi connectivity index (χ2n) is 5.11. The van der Waals surface area contributed by atoms with Crippen molar-refractivity contribution in [2.45, 2.75) is 33.1 Å². The Morgan fingerprint density at radius 1 is 1.12 bits per heavy atom. The molecule has 1 heteroatoms. The molecule has 0 bridgehead atoms. The molecule has 0 radical (unpaired) electrons. The fourth-order valence-corrected chi connectivity index (χ4v) is 2.56. The Morgan fingerprint density at radius 2 is 1.88 bits per heavy atom. The highest BCUT2D eigenvalue weighted by Crippen LogP contribution is 2.20. The predicted octanol–water partition coefficient (Wildman–Crippen LogP) is 3.71. The molecular formula is C16H23N. The molecule has 0 spiro atoms. The van der Waals surface area contributed by atoms with Crippen molar-refractivity contribution >= 4 is 6.08 Å². The Kier molecular flexibility index (Phi) is 4.38. The number of hydrogen-bond acceptors (Lipinski definition) is 1. The molecule has 1 aliphatic heterocycles. The van der Waals surface area contributed by atoms with E-state index in [9.17, 15) is 0 Å². The highest BCUT2D eigenvalue weighted by atomic mass is 14.8. The highest BCUT2D eigenvalue weighted by Gasteiger charge is 2.08. The van der Waals surface area contributed by atoms with Crippen molar-refractivity contribution in [1.82, 2.24) is 5.32 Å². The second kappa shape index (κ2) is 6.02. The summed E-state index contributed by atoms with van der Waals surface area (Å²) in [5, 5.41) is 3.46. The summed E-state index contributed by atoms with van der Waals surface area (Å²) in [5.74, 6) is 0.754. The van der Waals surface area contributed by atoms with Gasteiger partial charge in [0.05, 0.1) is 0 Å². The molecule has 2 rings (SSSR count). The van der Waals surface area contributed by atoms with Crippen molar-refractivity contribution < 1.29 is 0 Å². The molecule has 1 unspecified atom stereocenters. The zero-order chi connectivity index (χ0) is 12.1. The molecule has 0 saturated carbocycles. The number of benzene rings is 1. The summed E-state index contributed by atoms with van der Waals surface area (Å²) in [6.45, 7) is 6.75. The van der Waals surface area contributed by atoms with E-state index in [0.29, 0.717) is 0 Å². The summed E-state index contributed by atoms with van der Waals surface area (Å²) >= 11 is 0. The van der Waals surface area contributed by atoms with Crippen LogP contribution in [0.5, 0.6) is 0 Å². The molecule has 0 aliphatic carbocycles. The molecule has 1 atom stereocenters. The maximum absolute atomic E-state index is 3.46. The largest absolute Gasteiger partial charge is 0.317 e. The molecular weight excluding hydrogens is 206 g/mol. The summed E-state index contributed by atoms with van der Waals surface area (Å²) in [7, 11) is 0. The standard InChI is InChI=1S/C16H23N/c1-13-5-3-6-14(2)16(13)9-8-15-7-4-11-17-12-10-15/h3,5-6,8-9,15,17H,4,7,10-12H2,1-2H3/b9-8+.